The van der Waals surface area contributed by atoms with Gasteiger partial charge in [0.1, 0.15) is 5.75 Å². The Labute approximate surface area is 134 Å². The van der Waals surface area contributed by atoms with E-state index in [0.29, 0.717) is 0 Å². The van der Waals surface area contributed by atoms with Crippen LogP contribution >= 0.6 is 0 Å². The molecule has 0 spiro atoms. The molecule has 1 aromatic heterocycles. The molecule has 0 radical (unpaired) electrons. The zero-order valence-electron chi connectivity index (χ0n) is 14.0. The van der Waals surface area contributed by atoms with Gasteiger partial charge >= 0.3 is 0 Å². The Morgan fingerprint density at radius 1 is 0.909 bits per heavy atom. The molecular formula is C19H28N2O+2. The van der Waals surface area contributed by atoms with E-state index in [-0.39, 0.29) is 0 Å². The number of rotatable bonds is 8. The van der Waals surface area contributed by atoms with Crippen molar-refractivity contribution in [1.29, 1.82) is 0 Å². The Kier molecular flexibility index (Phi) is 5.96. The molecule has 2 aromatic rings. The van der Waals surface area contributed by atoms with Crippen LogP contribution in [0.2, 0.25) is 0 Å². The summed E-state index contributed by atoms with van der Waals surface area (Å²) >= 11 is 0. The minimum Gasteiger partial charge on any atom is -0.494 e. The lowest BCUT2D eigenvalue weighted by atomic mass is 10.2. The summed E-state index contributed by atoms with van der Waals surface area (Å²) in [5.74, 6) is 0.965. The van der Waals surface area contributed by atoms with Gasteiger partial charge in [-0.2, -0.15) is 0 Å². The fraction of sp³-hybridized carbons (Fsp3) is 0.421. The van der Waals surface area contributed by atoms with E-state index in [4.69, 9.17) is 4.74 Å². The van der Waals surface area contributed by atoms with Crippen molar-refractivity contribution < 1.29 is 13.8 Å². The summed E-state index contributed by atoms with van der Waals surface area (Å²) in [6.45, 7) is 2.88. The van der Waals surface area contributed by atoms with Crippen LogP contribution in [0.3, 0.4) is 0 Å². The van der Waals surface area contributed by atoms with Gasteiger partial charge in [-0.25, -0.2) is 4.57 Å². The van der Waals surface area contributed by atoms with Gasteiger partial charge in [-0.15, -0.1) is 0 Å². The zero-order chi connectivity index (χ0) is 15.8. The van der Waals surface area contributed by atoms with Crippen LogP contribution in [0, 0.1) is 0 Å². The van der Waals surface area contributed by atoms with E-state index in [1.165, 1.54) is 18.5 Å². The molecule has 3 nitrogen and oxygen atoms in total. The lowest BCUT2D eigenvalue weighted by Crippen LogP contribution is -2.35. The summed E-state index contributed by atoms with van der Waals surface area (Å²) in [5.41, 5.74) is 1.29. The van der Waals surface area contributed by atoms with Gasteiger partial charge in [0.05, 0.1) is 34.3 Å². The molecule has 0 bridgehead atoms. The van der Waals surface area contributed by atoms with Gasteiger partial charge in [-0.1, -0.05) is 6.07 Å². The van der Waals surface area contributed by atoms with Crippen molar-refractivity contribution in [3.63, 3.8) is 0 Å². The van der Waals surface area contributed by atoms with Crippen LogP contribution in [-0.4, -0.2) is 38.8 Å². The van der Waals surface area contributed by atoms with E-state index < -0.39 is 0 Å². The van der Waals surface area contributed by atoms with Gasteiger partial charge in [0.15, 0.2) is 18.9 Å². The second-order valence-electron chi connectivity index (χ2n) is 6.76. The first kappa shape index (κ1) is 16.5. The summed E-state index contributed by atoms with van der Waals surface area (Å²) < 4.78 is 9.00. The van der Waals surface area contributed by atoms with Crippen molar-refractivity contribution in [1.82, 2.24) is 0 Å². The average Bonchev–Trinajstić information content (AvgIpc) is 2.48. The van der Waals surface area contributed by atoms with Crippen molar-refractivity contribution >= 4 is 0 Å². The number of quaternary nitrogens is 1. The highest BCUT2D eigenvalue weighted by Gasteiger charge is 2.06. The van der Waals surface area contributed by atoms with Crippen molar-refractivity contribution in [3.05, 3.63) is 60.4 Å². The lowest BCUT2D eigenvalue weighted by Gasteiger charge is -2.23. The molecule has 0 saturated carbocycles. The van der Waals surface area contributed by atoms with Gasteiger partial charge in [0, 0.05) is 17.7 Å². The van der Waals surface area contributed by atoms with Gasteiger partial charge in [-0.3, -0.25) is 0 Å². The molecule has 0 N–H and O–H groups in total. The molecule has 0 saturated heterocycles. The van der Waals surface area contributed by atoms with E-state index >= 15 is 0 Å². The normalized spacial score (nSPS) is 11.4. The fourth-order valence-electron chi connectivity index (χ4n) is 2.32. The van der Waals surface area contributed by atoms with Crippen LogP contribution < -0.4 is 9.30 Å². The van der Waals surface area contributed by atoms with Gasteiger partial charge in [0.2, 0.25) is 0 Å². The summed E-state index contributed by atoms with van der Waals surface area (Å²) in [4.78, 5) is 0. The largest absolute Gasteiger partial charge is 0.494 e. The molecule has 118 valence electrons. The molecule has 0 aliphatic carbocycles. The molecule has 0 aliphatic heterocycles. The Morgan fingerprint density at radius 3 is 2.23 bits per heavy atom. The van der Waals surface area contributed by atoms with Gasteiger partial charge in [0.25, 0.3) is 0 Å². The van der Waals surface area contributed by atoms with Gasteiger partial charge < -0.3 is 9.22 Å². The van der Waals surface area contributed by atoms with Crippen LogP contribution in [0.5, 0.6) is 5.75 Å². The Balaban J connectivity index is 1.73. The summed E-state index contributed by atoms with van der Waals surface area (Å²) in [6, 6.07) is 14.5. The van der Waals surface area contributed by atoms with Gasteiger partial charge in [-0.05, 0) is 37.1 Å². The van der Waals surface area contributed by atoms with E-state index in [1.54, 1.807) is 0 Å². The smallest absolute Gasteiger partial charge is 0.173 e. The highest BCUT2D eigenvalue weighted by Crippen LogP contribution is 2.12. The third kappa shape index (κ3) is 6.27. The molecule has 0 atom stereocenters. The molecule has 2 rings (SSSR count). The van der Waals surface area contributed by atoms with Crippen molar-refractivity contribution in [2.24, 2.45) is 0 Å². The molecular weight excluding hydrogens is 272 g/mol. The van der Waals surface area contributed by atoms with Crippen molar-refractivity contribution in [2.45, 2.75) is 19.4 Å². The summed E-state index contributed by atoms with van der Waals surface area (Å²) in [7, 11) is 6.68. The van der Waals surface area contributed by atoms with E-state index in [9.17, 15) is 0 Å². The Bertz CT molecular complexity index is 544. The second-order valence-corrected chi connectivity index (χ2v) is 6.76. The van der Waals surface area contributed by atoms with Crippen LogP contribution in [0.25, 0.3) is 0 Å². The lowest BCUT2D eigenvalue weighted by molar-refractivity contribution is -0.870. The summed E-state index contributed by atoms with van der Waals surface area (Å²) in [6.07, 6.45) is 6.47. The van der Waals surface area contributed by atoms with E-state index in [1.807, 2.05) is 18.2 Å². The number of unbranched alkanes of at least 4 members (excludes halogenated alkanes) is 1. The zero-order valence-corrected chi connectivity index (χ0v) is 14.0. The fourth-order valence-corrected chi connectivity index (χ4v) is 2.32. The maximum absolute atomic E-state index is 5.81. The van der Waals surface area contributed by atoms with Crippen LogP contribution in [0.15, 0.2) is 54.9 Å². The van der Waals surface area contributed by atoms with E-state index in [2.05, 4.69) is 62.4 Å². The predicted molar refractivity (Wildman–Crippen MR) is 89.8 cm³/mol. The highest BCUT2D eigenvalue weighted by molar-refractivity contribution is 5.26. The molecule has 1 aromatic carbocycles. The number of pyridine rings is 1. The SMILES string of the molecule is C[N+](C)(C)CCCCOc1ccc(C[n+]2ccccc2)cc1. The second kappa shape index (κ2) is 7.95. The Morgan fingerprint density at radius 2 is 1.59 bits per heavy atom. The number of benzene rings is 1. The molecule has 22 heavy (non-hydrogen) atoms. The number of hydrogen-bond donors (Lipinski definition) is 0. The molecule has 0 amide bonds. The standard InChI is InChI=1S/C19H28N2O/c1-21(2,3)15-7-8-16-22-19-11-9-18(10-12-19)17-20-13-5-4-6-14-20/h4-6,9-14H,7-8,15-17H2,1-3H3/q+2. The first-order valence-corrected chi connectivity index (χ1v) is 7.99. The molecule has 1 heterocycles. The number of nitrogens with zero attached hydrogens (tertiary/aromatic N) is 2. The highest BCUT2D eigenvalue weighted by atomic mass is 16.5. The van der Waals surface area contributed by atoms with Crippen LogP contribution in [0.1, 0.15) is 18.4 Å². The maximum Gasteiger partial charge on any atom is 0.173 e. The first-order valence-electron chi connectivity index (χ1n) is 7.99. The predicted octanol–water partition coefficient (Wildman–Crippen LogP) is 2.89. The number of ether oxygens (including phenoxy) is 1. The third-order valence-corrected chi connectivity index (χ3v) is 3.56. The van der Waals surface area contributed by atoms with Crippen molar-refractivity contribution in [3.8, 4) is 5.75 Å². The molecule has 0 unspecified atom stereocenters. The molecule has 3 heteroatoms. The average molecular weight is 300 g/mol. The van der Waals surface area contributed by atoms with Crippen molar-refractivity contribution in [2.75, 3.05) is 34.3 Å². The number of aromatic nitrogens is 1. The van der Waals surface area contributed by atoms with E-state index in [0.717, 1.165) is 29.8 Å². The topological polar surface area (TPSA) is 13.1 Å². The van der Waals surface area contributed by atoms with Crippen LogP contribution in [0.4, 0.5) is 0 Å². The maximum atomic E-state index is 5.81. The minimum absolute atomic E-state index is 0.798. The number of hydrogen-bond acceptors (Lipinski definition) is 1. The quantitative estimate of drug-likeness (QED) is 0.415. The minimum atomic E-state index is 0.798. The monoisotopic (exact) mass is 300 g/mol. The van der Waals surface area contributed by atoms with Crippen LogP contribution in [-0.2, 0) is 6.54 Å². The molecule has 0 aliphatic rings. The summed E-state index contributed by atoms with van der Waals surface area (Å²) in [5, 5.41) is 0. The molecule has 0 fully saturated rings. The Hall–Kier alpha value is -1.87. The third-order valence-electron chi connectivity index (χ3n) is 3.56. The first-order chi connectivity index (χ1) is 10.5.